The molecular weight excluding hydrogens is 210 g/mol. The average molecular weight is 229 g/mol. The second-order valence-electron chi connectivity index (χ2n) is 4.60. The van der Waals surface area contributed by atoms with Gasteiger partial charge in [-0.1, -0.05) is 18.2 Å². The molecule has 2 N–H and O–H groups in total. The molecule has 90 valence electrons. The number of hydrogen-bond acceptors (Lipinski definition) is 2. The molecule has 0 radical (unpaired) electrons. The maximum Gasteiger partial charge on any atom is 0.0605 e. The largest absolute Gasteiger partial charge is 0.322 e. The lowest BCUT2D eigenvalue weighted by Gasteiger charge is -2.14. The number of aryl methyl sites for hydroxylation is 3. The van der Waals surface area contributed by atoms with Crippen molar-refractivity contribution < 1.29 is 0 Å². The predicted molar refractivity (Wildman–Crippen MR) is 69.8 cm³/mol. The fourth-order valence-electron chi connectivity index (χ4n) is 1.88. The van der Waals surface area contributed by atoms with Crippen molar-refractivity contribution in [2.45, 2.75) is 33.4 Å². The molecule has 0 spiro atoms. The van der Waals surface area contributed by atoms with Gasteiger partial charge in [0.25, 0.3) is 0 Å². The summed E-state index contributed by atoms with van der Waals surface area (Å²) in [6.45, 7) is 6.99. The summed E-state index contributed by atoms with van der Waals surface area (Å²) in [6, 6.07) is 8.38. The number of aromatic nitrogens is 2. The second-order valence-corrected chi connectivity index (χ2v) is 4.60. The lowest BCUT2D eigenvalue weighted by atomic mass is 10.0. The summed E-state index contributed by atoms with van der Waals surface area (Å²) in [4.78, 5) is 0. The third-order valence-corrected chi connectivity index (χ3v) is 3.26. The topological polar surface area (TPSA) is 43.8 Å². The Morgan fingerprint density at radius 3 is 2.53 bits per heavy atom. The summed E-state index contributed by atoms with van der Waals surface area (Å²) >= 11 is 0. The maximum atomic E-state index is 6.21. The fraction of sp³-hybridized carbons (Fsp3) is 0.357. The highest BCUT2D eigenvalue weighted by molar-refractivity contribution is 5.31. The van der Waals surface area contributed by atoms with E-state index in [0.717, 1.165) is 12.2 Å². The van der Waals surface area contributed by atoms with Crippen LogP contribution < -0.4 is 5.73 Å². The molecule has 2 rings (SSSR count). The minimum Gasteiger partial charge on any atom is -0.322 e. The molecule has 0 aliphatic carbocycles. The molecule has 1 heterocycles. The Balaban J connectivity index is 2.17. The molecule has 0 fully saturated rings. The molecule has 2 aromatic rings. The monoisotopic (exact) mass is 229 g/mol. The Morgan fingerprint density at radius 1 is 1.18 bits per heavy atom. The molecule has 17 heavy (non-hydrogen) atoms. The van der Waals surface area contributed by atoms with Gasteiger partial charge in [0.05, 0.1) is 6.54 Å². The first-order chi connectivity index (χ1) is 8.08. The zero-order valence-corrected chi connectivity index (χ0v) is 10.6. The Kier molecular flexibility index (Phi) is 3.29. The second kappa shape index (κ2) is 4.72. The van der Waals surface area contributed by atoms with E-state index in [1.54, 1.807) is 0 Å². The average Bonchev–Trinajstić information content (AvgIpc) is 2.68. The van der Waals surface area contributed by atoms with Crippen molar-refractivity contribution in [3.05, 3.63) is 52.8 Å². The summed E-state index contributed by atoms with van der Waals surface area (Å²) in [5, 5.41) is 4.26. The molecule has 0 saturated heterocycles. The van der Waals surface area contributed by atoms with Gasteiger partial charge in [0.2, 0.25) is 0 Å². The molecule has 0 amide bonds. The van der Waals surface area contributed by atoms with Crippen molar-refractivity contribution >= 4 is 0 Å². The van der Waals surface area contributed by atoms with Gasteiger partial charge < -0.3 is 5.73 Å². The van der Waals surface area contributed by atoms with Gasteiger partial charge in [-0.25, -0.2) is 0 Å². The van der Waals surface area contributed by atoms with Crippen LogP contribution in [0.2, 0.25) is 0 Å². The maximum absolute atomic E-state index is 6.21. The third-order valence-electron chi connectivity index (χ3n) is 3.26. The minimum atomic E-state index is -0.00657. The van der Waals surface area contributed by atoms with Crippen molar-refractivity contribution in [3.8, 4) is 0 Å². The number of nitrogens with zero attached hydrogens (tertiary/aromatic N) is 2. The highest BCUT2D eigenvalue weighted by Gasteiger charge is 2.09. The molecule has 0 aliphatic heterocycles. The van der Waals surface area contributed by atoms with Crippen LogP contribution in [0.3, 0.4) is 0 Å². The Hall–Kier alpha value is -1.61. The smallest absolute Gasteiger partial charge is 0.0605 e. The lowest BCUT2D eigenvalue weighted by Crippen LogP contribution is -2.19. The van der Waals surface area contributed by atoms with E-state index in [2.05, 4.69) is 37.1 Å². The summed E-state index contributed by atoms with van der Waals surface area (Å²) in [5.74, 6) is 0. The van der Waals surface area contributed by atoms with Gasteiger partial charge in [0.1, 0.15) is 0 Å². The molecule has 0 saturated carbocycles. The predicted octanol–water partition coefficient (Wildman–Crippen LogP) is 2.51. The van der Waals surface area contributed by atoms with E-state index in [4.69, 9.17) is 5.73 Å². The highest BCUT2D eigenvalue weighted by atomic mass is 15.3. The van der Waals surface area contributed by atoms with E-state index in [0.29, 0.717) is 0 Å². The molecule has 0 bridgehead atoms. The van der Waals surface area contributed by atoms with Gasteiger partial charge in [0, 0.05) is 17.9 Å². The molecule has 1 aromatic heterocycles. The van der Waals surface area contributed by atoms with Crippen LogP contribution >= 0.6 is 0 Å². The zero-order chi connectivity index (χ0) is 12.4. The van der Waals surface area contributed by atoms with Gasteiger partial charge in [0.15, 0.2) is 0 Å². The van der Waals surface area contributed by atoms with Crippen LogP contribution in [0.15, 0.2) is 30.5 Å². The van der Waals surface area contributed by atoms with Crippen LogP contribution in [0.25, 0.3) is 0 Å². The normalized spacial score (nSPS) is 12.7. The molecule has 1 atom stereocenters. The van der Waals surface area contributed by atoms with Gasteiger partial charge in [-0.15, -0.1) is 0 Å². The molecule has 0 aliphatic rings. The van der Waals surface area contributed by atoms with Crippen LogP contribution in [0, 0.1) is 20.8 Å². The lowest BCUT2D eigenvalue weighted by molar-refractivity contribution is 0.517. The number of hydrogen-bond donors (Lipinski definition) is 1. The van der Waals surface area contributed by atoms with E-state index < -0.39 is 0 Å². The van der Waals surface area contributed by atoms with Crippen LogP contribution in [0.5, 0.6) is 0 Å². The van der Waals surface area contributed by atoms with Crippen LogP contribution in [-0.2, 0) is 6.54 Å². The summed E-state index contributed by atoms with van der Waals surface area (Å²) < 4.78 is 1.94. The molecular formula is C14H19N3. The van der Waals surface area contributed by atoms with Gasteiger partial charge in [-0.3, -0.25) is 4.68 Å². The summed E-state index contributed by atoms with van der Waals surface area (Å²) in [7, 11) is 0. The SMILES string of the molecule is Cc1ccc(C(N)Cn2nccc2C)cc1C. The fourth-order valence-corrected chi connectivity index (χ4v) is 1.88. The highest BCUT2D eigenvalue weighted by Crippen LogP contribution is 2.17. The van der Waals surface area contributed by atoms with E-state index >= 15 is 0 Å². The van der Waals surface area contributed by atoms with E-state index in [1.807, 2.05) is 23.9 Å². The number of rotatable bonds is 3. The van der Waals surface area contributed by atoms with Gasteiger partial charge >= 0.3 is 0 Å². The van der Waals surface area contributed by atoms with Crippen LogP contribution in [-0.4, -0.2) is 9.78 Å². The minimum absolute atomic E-state index is 0.00657. The Labute approximate surface area is 102 Å². The van der Waals surface area contributed by atoms with E-state index in [9.17, 15) is 0 Å². The molecule has 3 nitrogen and oxygen atoms in total. The zero-order valence-electron chi connectivity index (χ0n) is 10.6. The summed E-state index contributed by atoms with van der Waals surface area (Å²) in [5.41, 5.74) is 11.1. The first-order valence-electron chi connectivity index (χ1n) is 5.89. The van der Waals surface area contributed by atoms with Gasteiger partial charge in [-0.05, 0) is 43.5 Å². The van der Waals surface area contributed by atoms with Crippen molar-refractivity contribution in [3.63, 3.8) is 0 Å². The molecule has 1 aromatic carbocycles. The van der Waals surface area contributed by atoms with Crippen LogP contribution in [0.1, 0.15) is 28.4 Å². The summed E-state index contributed by atoms with van der Waals surface area (Å²) in [6.07, 6.45) is 1.81. The first-order valence-corrected chi connectivity index (χ1v) is 5.89. The number of benzene rings is 1. The Bertz CT molecular complexity index is 514. The first kappa shape index (κ1) is 11.9. The molecule has 1 unspecified atom stereocenters. The quantitative estimate of drug-likeness (QED) is 0.878. The Morgan fingerprint density at radius 2 is 1.94 bits per heavy atom. The van der Waals surface area contributed by atoms with E-state index in [1.165, 1.54) is 16.7 Å². The van der Waals surface area contributed by atoms with Gasteiger partial charge in [-0.2, -0.15) is 5.10 Å². The molecule has 3 heteroatoms. The van der Waals surface area contributed by atoms with Crippen molar-refractivity contribution in [2.24, 2.45) is 5.73 Å². The third kappa shape index (κ3) is 2.56. The van der Waals surface area contributed by atoms with Crippen molar-refractivity contribution in [1.82, 2.24) is 9.78 Å². The van der Waals surface area contributed by atoms with E-state index in [-0.39, 0.29) is 6.04 Å². The van der Waals surface area contributed by atoms with Crippen LogP contribution in [0.4, 0.5) is 0 Å². The van der Waals surface area contributed by atoms with Crippen molar-refractivity contribution in [2.75, 3.05) is 0 Å². The standard InChI is InChI=1S/C14H19N3/c1-10-4-5-13(8-11(10)2)14(15)9-17-12(3)6-7-16-17/h4-8,14H,9,15H2,1-3H3. The number of nitrogens with two attached hydrogens (primary N) is 1. The van der Waals surface area contributed by atoms with Crippen molar-refractivity contribution in [1.29, 1.82) is 0 Å².